The molecule has 0 saturated carbocycles. The van der Waals surface area contributed by atoms with Gasteiger partial charge in [-0.3, -0.25) is 0 Å². The Labute approximate surface area is 138 Å². The van der Waals surface area contributed by atoms with Gasteiger partial charge < -0.3 is 4.42 Å². The van der Waals surface area contributed by atoms with Crippen molar-refractivity contribution >= 4 is 21.6 Å². The smallest absolute Gasteiger partial charge is 0.277 e. The van der Waals surface area contributed by atoms with Crippen LogP contribution in [0.1, 0.15) is 5.56 Å². The fourth-order valence-corrected chi connectivity index (χ4v) is 3.35. The summed E-state index contributed by atoms with van der Waals surface area (Å²) in [5.74, 6) is 1.04. The molecule has 2 aromatic carbocycles. The molecule has 0 N–H and O–H groups in total. The van der Waals surface area contributed by atoms with E-state index in [9.17, 15) is 8.42 Å². The van der Waals surface area contributed by atoms with E-state index in [0.29, 0.717) is 16.7 Å². The average Bonchev–Trinajstić information content (AvgIpc) is 3.02. The molecular formula is C16H14N2O3S2. The Balaban J connectivity index is 1.77. The highest BCUT2D eigenvalue weighted by Crippen LogP contribution is 2.26. The van der Waals surface area contributed by atoms with E-state index < -0.39 is 9.84 Å². The molecule has 0 aliphatic heterocycles. The molecule has 0 saturated heterocycles. The minimum atomic E-state index is -3.27. The maximum atomic E-state index is 11.6. The van der Waals surface area contributed by atoms with Crippen molar-refractivity contribution < 1.29 is 12.8 Å². The Morgan fingerprint density at radius 3 is 2.57 bits per heavy atom. The largest absolute Gasteiger partial charge is 0.411 e. The van der Waals surface area contributed by atoms with Gasteiger partial charge in [-0.2, -0.15) is 0 Å². The van der Waals surface area contributed by atoms with Crippen LogP contribution in [0.2, 0.25) is 0 Å². The molecule has 3 rings (SSSR count). The first-order valence-electron chi connectivity index (χ1n) is 6.83. The zero-order valence-electron chi connectivity index (χ0n) is 12.3. The van der Waals surface area contributed by atoms with E-state index in [1.54, 1.807) is 18.2 Å². The molecule has 118 valence electrons. The lowest BCUT2D eigenvalue weighted by atomic mass is 10.2. The van der Waals surface area contributed by atoms with E-state index in [1.165, 1.54) is 24.1 Å². The second-order valence-electron chi connectivity index (χ2n) is 4.95. The van der Waals surface area contributed by atoms with Crippen molar-refractivity contribution in [3.63, 3.8) is 0 Å². The number of hydrogen-bond donors (Lipinski definition) is 0. The van der Waals surface area contributed by atoms with Crippen LogP contribution >= 0.6 is 11.8 Å². The summed E-state index contributed by atoms with van der Waals surface area (Å²) in [6.45, 7) is 0. The van der Waals surface area contributed by atoms with Crippen LogP contribution in [0.25, 0.3) is 11.5 Å². The van der Waals surface area contributed by atoms with Gasteiger partial charge >= 0.3 is 0 Å². The molecule has 0 bridgehead atoms. The van der Waals surface area contributed by atoms with Gasteiger partial charge in [0.05, 0.1) is 4.90 Å². The summed E-state index contributed by atoms with van der Waals surface area (Å²) < 4.78 is 28.8. The van der Waals surface area contributed by atoms with Crippen molar-refractivity contribution in [2.24, 2.45) is 0 Å². The van der Waals surface area contributed by atoms with Crippen LogP contribution in [0.3, 0.4) is 0 Å². The number of hydrogen-bond acceptors (Lipinski definition) is 6. The standard InChI is InChI=1S/C16H14N2O3S2/c1-23(19,20)14-9-5-8-13(10-14)15-17-18-16(21-15)22-11-12-6-3-2-4-7-12/h2-10H,11H2,1H3. The van der Waals surface area contributed by atoms with E-state index in [0.717, 1.165) is 11.3 Å². The maximum Gasteiger partial charge on any atom is 0.277 e. The number of nitrogens with zero attached hydrogens (tertiary/aromatic N) is 2. The summed E-state index contributed by atoms with van der Waals surface area (Å²) in [6, 6.07) is 16.5. The molecule has 0 amide bonds. The van der Waals surface area contributed by atoms with Crippen molar-refractivity contribution in [3.8, 4) is 11.5 Å². The fourth-order valence-electron chi connectivity index (χ4n) is 1.96. The molecule has 0 fully saturated rings. The third-order valence-corrected chi connectivity index (χ3v) is 5.12. The van der Waals surface area contributed by atoms with E-state index in [-0.39, 0.29) is 4.90 Å². The van der Waals surface area contributed by atoms with Crippen LogP contribution in [-0.4, -0.2) is 24.9 Å². The Morgan fingerprint density at radius 2 is 1.83 bits per heavy atom. The summed E-state index contributed by atoms with van der Waals surface area (Å²) >= 11 is 1.44. The first kappa shape index (κ1) is 15.8. The summed E-state index contributed by atoms with van der Waals surface area (Å²) in [5.41, 5.74) is 1.75. The topological polar surface area (TPSA) is 73.1 Å². The first-order valence-corrected chi connectivity index (χ1v) is 9.71. The van der Waals surface area contributed by atoms with Gasteiger partial charge in [-0.15, -0.1) is 10.2 Å². The molecule has 5 nitrogen and oxygen atoms in total. The predicted octanol–water partition coefficient (Wildman–Crippen LogP) is 3.43. The van der Waals surface area contributed by atoms with Crippen molar-refractivity contribution in [3.05, 3.63) is 60.2 Å². The van der Waals surface area contributed by atoms with Crippen LogP contribution in [-0.2, 0) is 15.6 Å². The van der Waals surface area contributed by atoms with Crippen LogP contribution in [0.4, 0.5) is 0 Å². The average molecular weight is 346 g/mol. The van der Waals surface area contributed by atoms with Crippen molar-refractivity contribution in [1.29, 1.82) is 0 Å². The minimum Gasteiger partial charge on any atom is -0.411 e. The van der Waals surface area contributed by atoms with Gasteiger partial charge in [-0.25, -0.2) is 8.42 Å². The number of aromatic nitrogens is 2. The highest BCUT2D eigenvalue weighted by molar-refractivity contribution is 7.98. The zero-order valence-corrected chi connectivity index (χ0v) is 14.0. The number of thioether (sulfide) groups is 1. The Morgan fingerprint density at radius 1 is 1.04 bits per heavy atom. The summed E-state index contributed by atoms with van der Waals surface area (Å²) in [5, 5.41) is 8.44. The van der Waals surface area contributed by atoms with Gasteiger partial charge in [0.25, 0.3) is 5.22 Å². The SMILES string of the molecule is CS(=O)(=O)c1cccc(-c2nnc(SCc3ccccc3)o2)c1. The minimum absolute atomic E-state index is 0.228. The lowest BCUT2D eigenvalue weighted by Gasteiger charge is -2.00. The molecule has 0 aliphatic rings. The van der Waals surface area contributed by atoms with E-state index in [4.69, 9.17) is 4.42 Å². The van der Waals surface area contributed by atoms with E-state index >= 15 is 0 Å². The lowest BCUT2D eigenvalue weighted by molar-refractivity contribution is 0.465. The van der Waals surface area contributed by atoms with Crippen LogP contribution < -0.4 is 0 Å². The van der Waals surface area contributed by atoms with Gasteiger partial charge in [0.15, 0.2) is 9.84 Å². The number of benzene rings is 2. The second kappa shape index (κ2) is 6.55. The second-order valence-corrected chi connectivity index (χ2v) is 7.89. The molecule has 23 heavy (non-hydrogen) atoms. The summed E-state index contributed by atoms with van der Waals surface area (Å²) in [6.07, 6.45) is 1.17. The number of sulfone groups is 1. The monoisotopic (exact) mass is 346 g/mol. The molecule has 3 aromatic rings. The molecule has 0 radical (unpaired) electrons. The summed E-state index contributed by atoms with van der Waals surface area (Å²) in [4.78, 5) is 0.228. The zero-order chi connectivity index (χ0) is 16.3. The van der Waals surface area contributed by atoms with E-state index in [2.05, 4.69) is 10.2 Å². The fraction of sp³-hybridized carbons (Fsp3) is 0.125. The lowest BCUT2D eigenvalue weighted by Crippen LogP contribution is -1.96. The van der Waals surface area contributed by atoms with Gasteiger partial charge in [0.1, 0.15) is 0 Å². The predicted molar refractivity (Wildman–Crippen MR) is 88.8 cm³/mol. The van der Waals surface area contributed by atoms with Crippen LogP contribution in [0.5, 0.6) is 0 Å². The summed E-state index contributed by atoms with van der Waals surface area (Å²) in [7, 11) is -3.27. The molecule has 1 aromatic heterocycles. The molecule has 0 unspecified atom stereocenters. The van der Waals surface area contributed by atoms with Gasteiger partial charge in [0.2, 0.25) is 5.89 Å². The molecular weight excluding hydrogens is 332 g/mol. The molecule has 1 heterocycles. The number of rotatable bonds is 5. The third-order valence-electron chi connectivity index (χ3n) is 3.12. The van der Waals surface area contributed by atoms with Crippen LogP contribution in [0, 0.1) is 0 Å². The molecule has 0 spiro atoms. The van der Waals surface area contributed by atoms with Crippen molar-refractivity contribution in [2.45, 2.75) is 15.9 Å². The highest BCUT2D eigenvalue weighted by atomic mass is 32.2. The molecule has 0 atom stereocenters. The normalized spacial score (nSPS) is 11.5. The maximum absolute atomic E-state index is 11.6. The Bertz CT molecular complexity index is 906. The molecule has 0 aliphatic carbocycles. The highest BCUT2D eigenvalue weighted by Gasteiger charge is 2.13. The first-order chi connectivity index (χ1) is 11.0. The third kappa shape index (κ3) is 4.00. The van der Waals surface area contributed by atoms with Gasteiger partial charge in [0, 0.05) is 17.6 Å². The van der Waals surface area contributed by atoms with Gasteiger partial charge in [-0.05, 0) is 23.8 Å². The van der Waals surface area contributed by atoms with Gasteiger partial charge in [-0.1, -0.05) is 48.2 Å². The van der Waals surface area contributed by atoms with E-state index in [1.807, 2.05) is 30.3 Å². The van der Waals surface area contributed by atoms with Crippen molar-refractivity contribution in [1.82, 2.24) is 10.2 Å². The Kier molecular flexibility index (Phi) is 4.49. The molecule has 7 heteroatoms. The van der Waals surface area contributed by atoms with Crippen LogP contribution in [0.15, 0.2) is 69.1 Å². The quantitative estimate of drug-likeness (QED) is 0.659. The Hall–Kier alpha value is -2.12. The van der Waals surface area contributed by atoms with Crippen molar-refractivity contribution in [2.75, 3.05) is 6.26 Å².